The number of aliphatic hydroxyl groups excluding tert-OH is 1. The SMILES string of the molecule is OC(CCC(F)(F)F)c1cccc(OC(F)(F)F)c1. The summed E-state index contributed by atoms with van der Waals surface area (Å²) in [6.45, 7) is 0. The minimum Gasteiger partial charge on any atom is -0.406 e. The molecule has 1 unspecified atom stereocenters. The normalized spacial score (nSPS) is 14.3. The van der Waals surface area contributed by atoms with Crippen LogP contribution in [-0.4, -0.2) is 17.6 Å². The number of rotatable bonds is 4. The van der Waals surface area contributed by atoms with Gasteiger partial charge in [-0.15, -0.1) is 13.2 Å². The molecule has 1 aromatic rings. The third-order valence-corrected chi connectivity index (χ3v) is 2.18. The maximum absolute atomic E-state index is 11.9. The number of aliphatic hydroxyl groups is 1. The van der Waals surface area contributed by atoms with E-state index in [-0.39, 0.29) is 5.56 Å². The zero-order valence-electron chi connectivity index (χ0n) is 9.42. The molecule has 0 amide bonds. The molecule has 0 aromatic heterocycles. The Hall–Kier alpha value is -1.44. The first-order valence-electron chi connectivity index (χ1n) is 5.17. The fraction of sp³-hybridized carbons (Fsp3) is 0.455. The van der Waals surface area contributed by atoms with Crippen LogP contribution in [0.5, 0.6) is 5.75 Å². The first-order valence-corrected chi connectivity index (χ1v) is 5.17. The third-order valence-electron chi connectivity index (χ3n) is 2.18. The molecule has 0 aliphatic heterocycles. The third kappa shape index (κ3) is 6.32. The van der Waals surface area contributed by atoms with Gasteiger partial charge in [-0.05, 0) is 24.1 Å². The number of benzene rings is 1. The van der Waals surface area contributed by atoms with Crippen molar-refractivity contribution in [3.8, 4) is 5.75 Å². The highest BCUT2D eigenvalue weighted by atomic mass is 19.4. The first kappa shape index (κ1) is 15.6. The summed E-state index contributed by atoms with van der Waals surface area (Å²) < 4.78 is 75.3. The highest BCUT2D eigenvalue weighted by Crippen LogP contribution is 2.30. The summed E-state index contributed by atoms with van der Waals surface area (Å²) in [6, 6.07) is 4.24. The number of alkyl halides is 6. The predicted molar refractivity (Wildman–Crippen MR) is 53.4 cm³/mol. The van der Waals surface area contributed by atoms with E-state index in [2.05, 4.69) is 4.74 Å². The highest BCUT2D eigenvalue weighted by molar-refractivity contribution is 5.30. The molecule has 0 saturated heterocycles. The topological polar surface area (TPSA) is 29.5 Å². The Morgan fingerprint density at radius 1 is 1.11 bits per heavy atom. The van der Waals surface area contributed by atoms with Crippen molar-refractivity contribution in [1.82, 2.24) is 0 Å². The van der Waals surface area contributed by atoms with Gasteiger partial charge in [0.15, 0.2) is 0 Å². The average Bonchev–Trinajstić information content (AvgIpc) is 2.23. The van der Waals surface area contributed by atoms with Crippen LogP contribution >= 0.6 is 0 Å². The molecule has 0 bridgehead atoms. The van der Waals surface area contributed by atoms with E-state index in [9.17, 15) is 31.4 Å². The second kappa shape index (κ2) is 5.68. The minimum absolute atomic E-state index is 0.0639. The number of ether oxygens (including phenoxy) is 1. The molecule has 2 nitrogen and oxygen atoms in total. The summed E-state index contributed by atoms with van der Waals surface area (Å²) in [6.07, 6.45) is -12.7. The summed E-state index contributed by atoms with van der Waals surface area (Å²) >= 11 is 0. The second-order valence-electron chi connectivity index (χ2n) is 3.79. The van der Waals surface area contributed by atoms with E-state index in [1.165, 1.54) is 6.07 Å². The van der Waals surface area contributed by atoms with E-state index >= 15 is 0 Å². The molecule has 1 N–H and O–H groups in total. The molecule has 1 rings (SSSR count). The van der Waals surface area contributed by atoms with Crippen molar-refractivity contribution in [3.05, 3.63) is 29.8 Å². The Balaban J connectivity index is 2.70. The van der Waals surface area contributed by atoms with Crippen molar-refractivity contribution in [2.45, 2.75) is 31.5 Å². The van der Waals surface area contributed by atoms with Gasteiger partial charge >= 0.3 is 12.5 Å². The zero-order valence-corrected chi connectivity index (χ0v) is 9.42. The molecule has 0 aliphatic rings. The maximum atomic E-state index is 11.9. The lowest BCUT2D eigenvalue weighted by atomic mass is 10.0. The smallest absolute Gasteiger partial charge is 0.406 e. The number of halogens is 6. The van der Waals surface area contributed by atoms with Gasteiger partial charge < -0.3 is 9.84 Å². The molecule has 0 spiro atoms. The van der Waals surface area contributed by atoms with Crippen molar-refractivity contribution in [1.29, 1.82) is 0 Å². The van der Waals surface area contributed by atoms with Crippen LogP contribution in [-0.2, 0) is 0 Å². The molecule has 1 atom stereocenters. The molecule has 0 aliphatic carbocycles. The lowest BCUT2D eigenvalue weighted by Crippen LogP contribution is -2.17. The summed E-state index contributed by atoms with van der Waals surface area (Å²) in [4.78, 5) is 0. The van der Waals surface area contributed by atoms with Crippen LogP contribution in [0, 0.1) is 0 Å². The van der Waals surface area contributed by atoms with E-state index < -0.39 is 37.2 Å². The molecule has 19 heavy (non-hydrogen) atoms. The van der Waals surface area contributed by atoms with Gasteiger partial charge in [-0.3, -0.25) is 0 Å². The Bertz CT molecular complexity index is 412. The maximum Gasteiger partial charge on any atom is 0.573 e. The van der Waals surface area contributed by atoms with Crippen LogP contribution in [0.1, 0.15) is 24.5 Å². The molecular formula is C11H10F6O2. The molecule has 0 heterocycles. The van der Waals surface area contributed by atoms with Crippen molar-refractivity contribution in [3.63, 3.8) is 0 Å². The van der Waals surface area contributed by atoms with E-state index in [1.54, 1.807) is 0 Å². The Morgan fingerprint density at radius 3 is 2.26 bits per heavy atom. The summed E-state index contributed by atoms with van der Waals surface area (Å²) in [7, 11) is 0. The van der Waals surface area contributed by atoms with Gasteiger partial charge in [0.2, 0.25) is 0 Å². The van der Waals surface area contributed by atoms with Gasteiger partial charge in [0.25, 0.3) is 0 Å². The molecule has 8 heteroatoms. The van der Waals surface area contributed by atoms with Crippen LogP contribution in [0.2, 0.25) is 0 Å². The molecule has 108 valence electrons. The standard InChI is InChI=1S/C11H10F6O2/c12-10(13,14)5-4-9(18)7-2-1-3-8(6-7)19-11(15,16)17/h1-3,6,9,18H,4-5H2. The van der Waals surface area contributed by atoms with Crippen molar-refractivity contribution >= 4 is 0 Å². The highest BCUT2D eigenvalue weighted by Gasteiger charge is 2.31. The fourth-order valence-corrected chi connectivity index (χ4v) is 1.39. The molecule has 0 radical (unpaired) electrons. The Labute approximate surface area is 104 Å². The molecule has 0 saturated carbocycles. The van der Waals surface area contributed by atoms with Crippen molar-refractivity contribution in [2.24, 2.45) is 0 Å². The predicted octanol–water partition coefficient (Wildman–Crippen LogP) is 3.96. The Morgan fingerprint density at radius 2 is 1.74 bits per heavy atom. The number of hydrogen-bond acceptors (Lipinski definition) is 2. The quantitative estimate of drug-likeness (QED) is 0.850. The monoisotopic (exact) mass is 288 g/mol. The molecular weight excluding hydrogens is 278 g/mol. The van der Waals surface area contributed by atoms with E-state index in [4.69, 9.17) is 0 Å². The first-order chi connectivity index (χ1) is 8.57. The zero-order chi connectivity index (χ0) is 14.7. The van der Waals surface area contributed by atoms with Crippen LogP contribution in [0.15, 0.2) is 24.3 Å². The molecule has 0 fully saturated rings. The van der Waals surface area contributed by atoms with Gasteiger partial charge in [-0.2, -0.15) is 13.2 Å². The van der Waals surface area contributed by atoms with Crippen LogP contribution < -0.4 is 4.74 Å². The van der Waals surface area contributed by atoms with E-state index in [0.29, 0.717) is 0 Å². The fourth-order valence-electron chi connectivity index (χ4n) is 1.39. The van der Waals surface area contributed by atoms with E-state index in [0.717, 1.165) is 18.2 Å². The largest absolute Gasteiger partial charge is 0.573 e. The summed E-state index contributed by atoms with van der Waals surface area (Å²) in [5.41, 5.74) is -0.0639. The Kier molecular flexibility index (Phi) is 4.67. The second-order valence-corrected chi connectivity index (χ2v) is 3.79. The average molecular weight is 288 g/mol. The lowest BCUT2D eigenvalue weighted by molar-refractivity contribution is -0.274. The van der Waals surface area contributed by atoms with Crippen LogP contribution in [0.4, 0.5) is 26.3 Å². The van der Waals surface area contributed by atoms with Crippen LogP contribution in [0.3, 0.4) is 0 Å². The van der Waals surface area contributed by atoms with Gasteiger partial charge in [-0.1, -0.05) is 12.1 Å². The number of hydrogen-bond donors (Lipinski definition) is 1. The van der Waals surface area contributed by atoms with Gasteiger partial charge in [-0.25, -0.2) is 0 Å². The van der Waals surface area contributed by atoms with Gasteiger partial charge in [0.1, 0.15) is 5.75 Å². The van der Waals surface area contributed by atoms with E-state index in [1.807, 2.05) is 0 Å². The minimum atomic E-state index is -4.89. The van der Waals surface area contributed by atoms with Crippen LogP contribution in [0.25, 0.3) is 0 Å². The summed E-state index contributed by atoms with van der Waals surface area (Å²) in [5, 5.41) is 9.47. The molecule has 1 aromatic carbocycles. The van der Waals surface area contributed by atoms with Crippen molar-refractivity contribution < 1.29 is 36.2 Å². The van der Waals surface area contributed by atoms with Gasteiger partial charge in [0.05, 0.1) is 6.10 Å². The lowest BCUT2D eigenvalue weighted by Gasteiger charge is -2.14. The van der Waals surface area contributed by atoms with Gasteiger partial charge in [0, 0.05) is 6.42 Å². The summed E-state index contributed by atoms with van der Waals surface area (Å²) in [5.74, 6) is -0.587. The van der Waals surface area contributed by atoms with Crippen molar-refractivity contribution in [2.75, 3.05) is 0 Å².